The molecule has 0 aliphatic carbocycles. The summed E-state index contributed by atoms with van der Waals surface area (Å²) in [6.07, 6.45) is 4.89. The van der Waals surface area contributed by atoms with Gasteiger partial charge in [0.2, 0.25) is 11.8 Å². The van der Waals surface area contributed by atoms with E-state index in [2.05, 4.69) is 24.5 Å². The lowest BCUT2D eigenvalue weighted by Gasteiger charge is -2.35. The number of unbranched alkanes of at least 4 members (excludes halogenated alkanes) is 2. The fraction of sp³-hybridized carbons (Fsp3) is 0.750. The molecule has 0 aromatic rings. The molecule has 1 saturated heterocycles. The number of rotatable bonds is 6. The summed E-state index contributed by atoms with van der Waals surface area (Å²) in [6, 6.07) is 0. The number of thiocarbonyl (C=S) groups is 1. The first-order valence-electron chi connectivity index (χ1n) is 6.23. The summed E-state index contributed by atoms with van der Waals surface area (Å²) >= 11 is 4.82. The van der Waals surface area contributed by atoms with Gasteiger partial charge < -0.3 is 10.6 Å². The van der Waals surface area contributed by atoms with Crippen molar-refractivity contribution in [2.24, 2.45) is 5.41 Å². The molecule has 1 fully saturated rings. The lowest BCUT2D eigenvalue weighted by atomic mass is 9.75. The zero-order valence-corrected chi connectivity index (χ0v) is 11.3. The third-order valence-electron chi connectivity index (χ3n) is 3.24. The van der Waals surface area contributed by atoms with Gasteiger partial charge in [0.25, 0.3) is 0 Å². The average Bonchev–Trinajstić information content (AvgIpc) is 2.27. The van der Waals surface area contributed by atoms with Crippen molar-refractivity contribution in [1.82, 2.24) is 10.6 Å². The van der Waals surface area contributed by atoms with Crippen LogP contribution in [0.4, 0.5) is 0 Å². The van der Waals surface area contributed by atoms with E-state index in [4.69, 9.17) is 12.2 Å². The molecule has 0 aromatic carbocycles. The van der Waals surface area contributed by atoms with Gasteiger partial charge in [-0.2, -0.15) is 0 Å². The van der Waals surface area contributed by atoms with Crippen molar-refractivity contribution >= 4 is 29.1 Å². The molecule has 1 heterocycles. The number of hydrogen-bond donors (Lipinski definition) is 2. The highest BCUT2D eigenvalue weighted by molar-refractivity contribution is 7.80. The van der Waals surface area contributed by atoms with E-state index in [1.807, 2.05) is 0 Å². The van der Waals surface area contributed by atoms with Crippen LogP contribution in [0.15, 0.2) is 0 Å². The Morgan fingerprint density at radius 3 is 1.76 bits per heavy atom. The summed E-state index contributed by atoms with van der Waals surface area (Å²) in [5, 5.41) is 5.29. The molecule has 17 heavy (non-hydrogen) atoms. The first-order chi connectivity index (χ1) is 8.06. The third kappa shape index (κ3) is 3.03. The Morgan fingerprint density at radius 2 is 1.41 bits per heavy atom. The first kappa shape index (κ1) is 14.1. The van der Waals surface area contributed by atoms with Crippen LogP contribution >= 0.6 is 12.2 Å². The van der Waals surface area contributed by atoms with Gasteiger partial charge in [0.1, 0.15) is 5.41 Å². The molecule has 1 aliphatic heterocycles. The van der Waals surface area contributed by atoms with Crippen LogP contribution in [0.3, 0.4) is 0 Å². The van der Waals surface area contributed by atoms with Crippen molar-refractivity contribution in [3.63, 3.8) is 0 Å². The standard InChI is InChI=1S/C12H20N2O2S/c1-3-5-7-12(8-6-4-2)9(15)13-11(17)14-10(12)16/h3-8H2,1-2H3,(H2,13,14,15,16,17). The summed E-state index contributed by atoms with van der Waals surface area (Å²) in [4.78, 5) is 24.2. The molecular formula is C12H20N2O2S. The number of nitrogens with one attached hydrogen (secondary N) is 2. The number of carbonyl (C=O) groups excluding carboxylic acids is 2. The van der Waals surface area contributed by atoms with E-state index in [0.717, 1.165) is 25.7 Å². The lowest BCUT2D eigenvalue weighted by molar-refractivity contribution is -0.144. The van der Waals surface area contributed by atoms with Gasteiger partial charge >= 0.3 is 0 Å². The van der Waals surface area contributed by atoms with E-state index in [-0.39, 0.29) is 16.9 Å². The quantitative estimate of drug-likeness (QED) is 0.563. The van der Waals surface area contributed by atoms with Gasteiger partial charge in [-0.1, -0.05) is 39.5 Å². The minimum atomic E-state index is -0.908. The Morgan fingerprint density at radius 1 is 1.00 bits per heavy atom. The predicted molar refractivity (Wildman–Crippen MR) is 70.4 cm³/mol. The van der Waals surface area contributed by atoms with E-state index in [9.17, 15) is 9.59 Å². The second kappa shape index (κ2) is 6.10. The molecule has 2 N–H and O–H groups in total. The molecular weight excluding hydrogens is 236 g/mol. The fourth-order valence-corrected chi connectivity index (χ4v) is 2.30. The molecule has 2 amide bonds. The highest BCUT2D eigenvalue weighted by Crippen LogP contribution is 2.33. The van der Waals surface area contributed by atoms with Gasteiger partial charge in [0, 0.05) is 0 Å². The number of hydrogen-bond acceptors (Lipinski definition) is 3. The van der Waals surface area contributed by atoms with Crippen molar-refractivity contribution < 1.29 is 9.59 Å². The van der Waals surface area contributed by atoms with E-state index in [0.29, 0.717) is 12.8 Å². The van der Waals surface area contributed by atoms with Gasteiger partial charge in [-0.25, -0.2) is 0 Å². The maximum Gasteiger partial charge on any atom is 0.241 e. The van der Waals surface area contributed by atoms with Crippen LogP contribution in [-0.2, 0) is 9.59 Å². The Hall–Kier alpha value is -0.970. The van der Waals surface area contributed by atoms with E-state index >= 15 is 0 Å². The van der Waals surface area contributed by atoms with Crippen LogP contribution in [-0.4, -0.2) is 16.9 Å². The molecule has 0 spiro atoms. The van der Waals surface area contributed by atoms with Crippen molar-refractivity contribution in [2.45, 2.75) is 52.4 Å². The van der Waals surface area contributed by atoms with Crippen LogP contribution in [0.2, 0.25) is 0 Å². The normalized spacial score (nSPS) is 18.8. The largest absolute Gasteiger partial charge is 0.302 e. The highest BCUT2D eigenvalue weighted by Gasteiger charge is 2.47. The third-order valence-corrected chi connectivity index (χ3v) is 3.44. The maximum atomic E-state index is 12.1. The second-order valence-corrected chi connectivity index (χ2v) is 4.93. The van der Waals surface area contributed by atoms with Crippen molar-refractivity contribution in [3.05, 3.63) is 0 Å². The minimum absolute atomic E-state index is 0.128. The Balaban J connectivity index is 2.89. The average molecular weight is 256 g/mol. The zero-order chi connectivity index (χ0) is 12.9. The molecule has 0 bridgehead atoms. The molecule has 0 aromatic heterocycles. The smallest absolute Gasteiger partial charge is 0.241 e. The molecule has 5 heteroatoms. The first-order valence-corrected chi connectivity index (χ1v) is 6.64. The molecule has 0 atom stereocenters. The second-order valence-electron chi connectivity index (χ2n) is 4.53. The van der Waals surface area contributed by atoms with Gasteiger partial charge in [-0.3, -0.25) is 9.59 Å². The summed E-state index contributed by atoms with van der Waals surface area (Å²) in [7, 11) is 0. The molecule has 0 radical (unpaired) electrons. The van der Waals surface area contributed by atoms with Crippen LogP contribution in [0.1, 0.15) is 52.4 Å². The van der Waals surface area contributed by atoms with Crippen LogP contribution < -0.4 is 10.6 Å². The zero-order valence-electron chi connectivity index (χ0n) is 10.5. The summed E-state index contributed by atoms with van der Waals surface area (Å²) in [5.74, 6) is -0.457. The summed E-state index contributed by atoms with van der Waals surface area (Å²) in [5.41, 5.74) is -0.908. The van der Waals surface area contributed by atoms with Crippen LogP contribution in [0.5, 0.6) is 0 Å². The van der Waals surface area contributed by atoms with Crippen molar-refractivity contribution in [3.8, 4) is 0 Å². The lowest BCUT2D eigenvalue weighted by Crippen LogP contribution is -2.62. The molecule has 0 saturated carbocycles. The van der Waals surface area contributed by atoms with E-state index in [1.54, 1.807) is 0 Å². The molecule has 1 rings (SSSR count). The van der Waals surface area contributed by atoms with E-state index < -0.39 is 5.41 Å². The molecule has 1 aliphatic rings. The van der Waals surface area contributed by atoms with Gasteiger partial charge in [0.15, 0.2) is 5.11 Å². The monoisotopic (exact) mass is 256 g/mol. The fourth-order valence-electron chi connectivity index (χ4n) is 2.12. The molecule has 0 unspecified atom stereocenters. The summed E-state index contributed by atoms with van der Waals surface area (Å²) in [6.45, 7) is 4.10. The molecule has 96 valence electrons. The predicted octanol–water partition coefficient (Wildman–Crippen LogP) is 1.88. The van der Waals surface area contributed by atoms with Gasteiger partial charge in [0.05, 0.1) is 0 Å². The topological polar surface area (TPSA) is 58.2 Å². The maximum absolute atomic E-state index is 12.1. The van der Waals surface area contributed by atoms with Crippen LogP contribution in [0, 0.1) is 5.41 Å². The molecule has 4 nitrogen and oxygen atoms in total. The van der Waals surface area contributed by atoms with Crippen molar-refractivity contribution in [2.75, 3.05) is 0 Å². The number of carbonyl (C=O) groups is 2. The highest BCUT2D eigenvalue weighted by atomic mass is 32.1. The Bertz CT molecular complexity index is 298. The minimum Gasteiger partial charge on any atom is -0.302 e. The Kier molecular flexibility index (Phi) is 5.05. The van der Waals surface area contributed by atoms with Crippen molar-refractivity contribution in [1.29, 1.82) is 0 Å². The van der Waals surface area contributed by atoms with E-state index in [1.165, 1.54) is 0 Å². The number of amides is 2. The van der Waals surface area contributed by atoms with Crippen LogP contribution in [0.25, 0.3) is 0 Å². The SMILES string of the molecule is CCCCC1(CCCC)C(=O)NC(=S)NC1=O. The Labute approximate surface area is 108 Å². The van der Waals surface area contributed by atoms with Gasteiger partial charge in [-0.15, -0.1) is 0 Å². The summed E-state index contributed by atoms with van der Waals surface area (Å²) < 4.78 is 0. The van der Waals surface area contributed by atoms with Gasteiger partial charge in [-0.05, 0) is 25.1 Å².